The molecule has 0 bridgehead atoms. The number of hydrogen-bond acceptors (Lipinski definition) is 5. The van der Waals surface area contributed by atoms with Gasteiger partial charge in [0.2, 0.25) is 0 Å². The van der Waals surface area contributed by atoms with Gasteiger partial charge in [-0.25, -0.2) is 4.98 Å². The van der Waals surface area contributed by atoms with Crippen LogP contribution < -0.4 is 9.64 Å². The predicted octanol–water partition coefficient (Wildman–Crippen LogP) is 6.05. The number of hydrogen-bond donors (Lipinski definition) is 0. The predicted molar refractivity (Wildman–Crippen MR) is 112 cm³/mol. The van der Waals surface area contributed by atoms with Gasteiger partial charge in [-0.1, -0.05) is 34.5 Å². The summed E-state index contributed by atoms with van der Waals surface area (Å²) in [4.78, 5) is 19.5. The van der Waals surface area contributed by atoms with E-state index in [0.717, 1.165) is 16.0 Å². The Morgan fingerprint density at radius 2 is 2.07 bits per heavy atom. The first kappa shape index (κ1) is 18.8. The van der Waals surface area contributed by atoms with Crippen molar-refractivity contribution >= 4 is 55.8 Å². The van der Waals surface area contributed by atoms with Crippen LogP contribution in [-0.2, 0) is 6.54 Å². The standard InChI is InChI=1S/C20H14Cl2N2O3S/c1-26-13-5-7-17-18(10-13)28-20(23-17)24(11-14-3-2-8-27-14)19(25)15-6-4-12(21)9-16(15)22/h2-10H,11H2,1H3. The Morgan fingerprint density at radius 3 is 2.79 bits per heavy atom. The SMILES string of the molecule is COc1ccc2nc(N(Cc3ccco3)C(=O)c3ccc(Cl)cc3Cl)sc2c1. The number of aromatic nitrogens is 1. The molecule has 0 radical (unpaired) electrons. The first-order valence-electron chi connectivity index (χ1n) is 8.29. The molecule has 0 aliphatic carbocycles. The fraction of sp³-hybridized carbons (Fsp3) is 0.100. The maximum Gasteiger partial charge on any atom is 0.262 e. The molecule has 0 aliphatic rings. The van der Waals surface area contributed by atoms with Crippen LogP contribution in [0.2, 0.25) is 10.0 Å². The summed E-state index contributed by atoms with van der Waals surface area (Å²) in [5.41, 5.74) is 1.12. The Bertz CT molecular complexity index is 1140. The zero-order chi connectivity index (χ0) is 19.7. The van der Waals surface area contributed by atoms with E-state index in [9.17, 15) is 4.79 Å². The van der Waals surface area contributed by atoms with Gasteiger partial charge in [0.15, 0.2) is 5.13 Å². The highest BCUT2D eigenvalue weighted by molar-refractivity contribution is 7.22. The summed E-state index contributed by atoms with van der Waals surface area (Å²) in [7, 11) is 1.61. The van der Waals surface area contributed by atoms with E-state index in [1.807, 2.05) is 18.2 Å². The Kier molecular flexibility index (Phi) is 5.26. The summed E-state index contributed by atoms with van der Waals surface area (Å²) in [6.07, 6.45) is 1.57. The molecule has 0 saturated carbocycles. The number of nitrogens with zero attached hydrogens (tertiary/aromatic N) is 2. The van der Waals surface area contributed by atoms with Gasteiger partial charge >= 0.3 is 0 Å². The number of benzene rings is 2. The van der Waals surface area contributed by atoms with E-state index in [0.29, 0.717) is 21.5 Å². The first-order valence-corrected chi connectivity index (χ1v) is 9.86. The third kappa shape index (κ3) is 3.71. The van der Waals surface area contributed by atoms with Crippen molar-refractivity contribution < 1.29 is 13.9 Å². The smallest absolute Gasteiger partial charge is 0.262 e. The Morgan fingerprint density at radius 1 is 1.21 bits per heavy atom. The highest BCUT2D eigenvalue weighted by Crippen LogP contribution is 2.34. The van der Waals surface area contributed by atoms with Crippen molar-refractivity contribution in [3.63, 3.8) is 0 Å². The van der Waals surface area contributed by atoms with Gasteiger partial charge in [-0.3, -0.25) is 9.69 Å². The topological polar surface area (TPSA) is 55.6 Å². The van der Waals surface area contributed by atoms with Crippen LogP contribution in [0.5, 0.6) is 5.75 Å². The molecule has 0 unspecified atom stereocenters. The molecular formula is C20H14Cl2N2O3S. The van der Waals surface area contributed by atoms with Crippen LogP contribution in [0.3, 0.4) is 0 Å². The van der Waals surface area contributed by atoms with Crippen LogP contribution in [0.25, 0.3) is 10.2 Å². The monoisotopic (exact) mass is 432 g/mol. The molecule has 0 saturated heterocycles. The van der Waals surface area contributed by atoms with Gasteiger partial charge in [0.05, 0.1) is 40.7 Å². The van der Waals surface area contributed by atoms with E-state index in [1.165, 1.54) is 11.3 Å². The van der Waals surface area contributed by atoms with Gasteiger partial charge in [0.25, 0.3) is 5.91 Å². The fourth-order valence-corrected chi connectivity index (χ4v) is 4.21. The lowest BCUT2D eigenvalue weighted by molar-refractivity contribution is 0.0983. The van der Waals surface area contributed by atoms with Crippen molar-refractivity contribution in [3.05, 3.63) is 76.2 Å². The second kappa shape index (κ2) is 7.83. The molecule has 1 amide bonds. The van der Waals surface area contributed by atoms with Gasteiger partial charge in [0.1, 0.15) is 11.5 Å². The number of carbonyl (C=O) groups excluding carboxylic acids is 1. The van der Waals surface area contributed by atoms with E-state index in [1.54, 1.807) is 48.6 Å². The second-order valence-corrected chi connectivity index (χ2v) is 7.78. The third-order valence-electron chi connectivity index (χ3n) is 4.12. The number of thiazole rings is 1. The number of fused-ring (bicyclic) bond motifs is 1. The van der Waals surface area contributed by atoms with E-state index in [-0.39, 0.29) is 17.5 Å². The highest BCUT2D eigenvalue weighted by Gasteiger charge is 2.24. The second-order valence-electron chi connectivity index (χ2n) is 5.92. The zero-order valence-corrected chi connectivity index (χ0v) is 17.0. The quantitative estimate of drug-likeness (QED) is 0.384. The summed E-state index contributed by atoms with van der Waals surface area (Å²) in [5, 5.41) is 1.28. The zero-order valence-electron chi connectivity index (χ0n) is 14.7. The number of ether oxygens (including phenoxy) is 1. The molecule has 0 aliphatic heterocycles. The third-order valence-corrected chi connectivity index (χ3v) is 5.70. The van der Waals surface area contributed by atoms with Crippen molar-refractivity contribution in [2.45, 2.75) is 6.54 Å². The minimum Gasteiger partial charge on any atom is -0.497 e. The van der Waals surface area contributed by atoms with Gasteiger partial charge in [0, 0.05) is 5.02 Å². The van der Waals surface area contributed by atoms with Gasteiger partial charge < -0.3 is 9.15 Å². The van der Waals surface area contributed by atoms with E-state index >= 15 is 0 Å². The number of carbonyl (C=O) groups is 1. The molecule has 2 heterocycles. The molecule has 4 aromatic rings. The highest BCUT2D eigenvalue weighted by atomic mass is 35.5. The lowest BCUT2D eigenvalue weighted by Crippen LogP contribution is -2.30. The molecule has 0 spiro atoms. The van der Waals surface area contributed by atoms with Gasteiger partial charge in [-0.05, 0) is 48.5 Å². The lowest BCUT2D eigenvalue weighted by Gasteiger charge is -2.19. The van der Waals surface area contributed by atoms with Crippen molar-refractivity contribution in [3.8, 4) is 5.75 Å². The van der Waals surface area contributed by atoms with Crippen LogP contribution in [0.1, 0.15) is 16.1 Å². The van der Waals surface area contributed by atoms with Crippen molar-refractivity contribution in [1.29, 1.82) is 0 Å². The average molecular weight is 433 g/mol. The van der Waals surface area contributed by atoms with Crippen LogP contribution >= 0.6 is 34.5 Å². The van der Waals surface area contributed by atoms with Crippen LogP contribution in [0, 0.1) is 0 Å². The molecular weight excluding hydrogens is 419 g/mol. The molecule has 142 valence electrons. The van der Waals surface area contributed by atoms with E-state index in [2.05, 4.69) is 4.98 Å². The van der Waals surface area contributed by atoms with Crippen LogP contribution in [-0.4, -0.2) is 18.0 Å². The molecule has 2 aromatic heterocycles. The average Bonchev–Trinajstić information content (AvgIpc) is 3.34. The number of halogens is 2. The van der Waals surface area contributed by atoms with Gasteiger partial charge in [-0.2, -0.15) is 0 Å². The normalized spacial score (nSPS) is 11.0. The fourth-order valence-electron chi connectivity index (χ4n) is 2.73. The number of rotatable bonds is 5. The summed E-state index contributed by atoms with van der Waals surface area (Å²) in [6, 6.07) is 14.0. The minimum atomic E-state index is -0.288. The van der Waals surface area contributed by atoms with Crippen molar-refractivity contribution in [2.75, 3.05) is 12.0 Å². The minimum absolute atomic E-state index is 0.224. The molecule has 8 heteroatoms. The number of furan rings is 1. The first-order chi connectivity index (χ1) is 13.5. The summed E-state index contributed by atoms with van der Waals surface area (Å²) >= 11 is 13.6. The van der Waals surface area contributed by atoms with Crippen LogP contribution in [0.15, 0.2) is 59.2 Å². The molecule has 0 atom stereocenters. The molecule has 28 heavy (non-hydrogen) atoms. The van der Waals surface area contributed by atoms with Crippen molar-refractivity contribution in [1.82, 2.24) is 4.98 Å². The molecule has 4 rings (SSSR count). The molecule has 2 aromatic carbocycles. The largest absolute Gasteiger partial charge is 0.497 e. The van der Waals surface area contributed by atoms with Gasteiger partial charge in [-0.15, -0.1) is 0 Å². The Balaban J connectivity index is 1.78. The summed E-state index contributed by atoms with van der Waals surface area (Å²) in [5.74, 6) is 1.08. The molecule has 0 fully saturated rings. The maximum atomic E-state index is 13.3. The molecule has 0 N–H and O–H groups in total. The Hall–Kier alpha value is -2.54. The van der Waals surface area contributed by atoms with E-state index in [4.69, 9.17) is 32.4 Å². The summed E-state index contributed by atoms with van der Waals surface area (Å²) < 4.78 is 11.6. The maximum absolute atomic E-state index is 13.3. The molecule has 5 nitrogen and oxygen atoms in total. The number of anilines is 1. The van der Waals surface area contributed by atoms with Crippen LogP contribution in [0.4, 0.5) is 5.13 Å². The van der Waals surface area contributed by atoms with Crippen molar-refractivity contribution in [2.24, 2.45) is 0 Å². The summed E-state index contributed by atoms with van der Waals surface area (Å²) in [6.45, 7) is 0.224. The van der Waals surface area contributed by atoms with E-state index < -0.39 is 0 Å². The lowest BCUT2D eigenvalue weighted by atomic mass is 10.2. The number of methoxy groups -OCH3 is 1. The Labute approximate surface area is 175 Å². The number of amides is 1.